The molecule has 1 aliphatic rings. The molecule has 0 unspecified atom stereocenters. The largest absolute Gasteiger partial charge is 0.391 e. The molecule has 0 saturated carbocycles. The van der Waals surface area contributed by atoms with Crippen molar-refractivity contribution in [3.8, 4) is 0 Å². The van der Waals surface area contributed by atoms with E-state index in [1.54, 1.807) is 0 Å². The maximum atomic E-state index is 13.3. The third-order valence-corrected chi connectivity index (χ3v) is 2.84. The zero-order valence-electron chi connectivity index (χ0n) is 9.32. The highest BCUT2D eigenvalue weighted by Gasteiger charge is 2.35. The molecule has 0 aliphatic carbocycles. The monoisotopic (exact) mass is 216 g/mol. The van der Waals surface area contributed by atoms with Crippen molar-refractivity contribution in [1.29, 1.82) is 0 Å². The minimum atomic E-state index is -2.89. The van der Waals surface area contributed by atoms with Gasteiger partial charge >= 0.3 is 6.05 Å². The van der Waals surface area contributed by atoms with Gasteiger partial charge in [0, 0.05) is 32.3 Å². The van der Waals surface area contributed by atoms with E-state index < -0.39 is 6.05 Å². The summed E-state index contributed by atoms with van der Waals surface area (Å²) in [5.41, 5.74) is 2.17. The van der Waals surface area contributed by atoms with Crippen molar-refractivity contribution < 1.29 is 8.78 Å². The summed E-state index contributed by atoms with van der Waals surface area (Å²) in [6.45, 7) is 5.86. The van der Waals surface area contributed by atoms with E-state index in [4.69, 9.17) is 0 Å². The second kappa shape index (κ2) is 4.75. The summed E-state index contributed by atoms with van der Waals surface area (Å²) in [6.07, 6.45) is 2.17. The molecule has 15 heavy (non-hydrogen) atoms. The van der Waals surface area contributed by atoms with Crippen molar-refractivity contribution >= 4 is 0 Å². The van der Waals surface area contributed by atoms with Crippen molar-refractivity contribution in [2.45, 2.75) is 25.8 Å². The smallest absolute Gasteiger partial charge is 0.324 e. The van der Waals surface area contributed by atoms with Crippen molar-refractivity contribution in [3.05, 3.63) is 23.9 Å². The molecular formula is C11H18F2N2. The van der Waals surface area contributed by atoms with Gasteiger partial charge in [0.25, 0.3) is 0 Å². The van der Waals surface area contributed by atoms with E-state index in [9.17, 15) is 8.78 Å². The van der Waals surface area contributed by atoms with Crippen LogP contribution in [0.15, 0.2) is 23.9 Å². The second-order valence-electron chi connectivity index (χ2n) is 3.65. The van der Waals surface area contributed by atoms with Crippen LogP contribution in [0.2, 0.25) is 0 Å². The van der Waals surface area contributed by atoms with Crippen molar-refractivity contribution in [1.82, 2.24) is 10.2 Å². The first-order chi connectivity index (χ1) is 7.05. The van der Waals surface area contributed by atoms with Crippen LogP contribution in [-0.4, -0.2) is 31.1 Å². The Labute approximate surface area is 89.6 Å². The number of nitrogens with one attached hydrogen (secondary N) is 1. The first-order valence-electron chi connectivity index (χ1n) is 5.20. The summed E-state index contributed by atoms with van der Waals surface area (Å²) in [5.74, 6) is 0. The number of nitrogens with zero attached hydrogens (tertiary/aromatic N) is 1. The number of rotatable bonds is 4. The Morgan fingerprint density at radius 1 is 1.60 bits per heavy atom. The summed E-state index contributed by atoms with van der Waals surface area (Å²) in [6, 6.07) is -2.89. The minimum absolute atomic E-state index is 0.325. The molecule has 1 aliphatic heterocycles. The molecule has 2 nitrogen and oxygen atoms in total. The van der Waals surface area contributed by atoms with Gasteiger partial charge in [-0.15, -0.1) is 0 Å². The van der Waals surface area contributed by atoms with Crippen LogP contribution in [0, 0.1) is 0 Å². The zero-order chi connectivity index (χ0) is 11.5. The van der Waals surface area contributed by atoms with Crippen LogP contribution >= 0.6 is 0 Å². The summed E-state index contributed by atoms with van der Waals surface area (Å²) >= 11 is 0. The van der Waals surface area contributed by atoms with Gasteiger partial charge in [-0.25, -0.2) is 4.90 Å². The van der Waals surface area contributed by atoms with Crippen LogP contribution < -0.4 is 5.32 Å². The lowest BCUT2D eigenvalue weighted by Crippen LogP contribution is -2.45. The quantitative estimate of drug-likeness (QED) is 0.573. The number of hydrogen-bond acceptors (Lipinski definition) is 2. The van der Waals surface area contributed by atoms with E-state index >= 15 is 0 Å². The molecule has 4 heteroatoms. The Bertz CT molecular complexity index is 272. The Kier molecular flexibility index (Phi) is 3.85. The molecule has 1 rings (SSSR count). The first kappa shape index (κ1) is 12.2. The van der Waals surface area contributed by atoms with Crippen molar-refractivity contribution in [2.75, 3.05) is 20.1 Å². The first-order valence-corrected chi connectivity index (χ1v) is 5.20. The lowest BCUT2D eigenvalue weighted by atomic mass is 10.0. The van der Waals surface area contributed by atoms with Crippen molar-refractivity contribution in [2.24, 2.45) is 0 Å². The summed E-state index contributed by atoms with van der Waals surface area (Å²) < 4.78 is 26.7. The van der Waals surface area contributed by atoms with Gasteiger partial charge in [-0.3, -0.25) is 0 Å². The van der Waals surface area contributed by atoms with E-state index in [2.05, 4.69) is 11.9 Å². The van der Waals surface area contributed by atoms with Gasteiger partial charge in [0.15, 0.2) is 0 Å². The summed E-state index contributed by atoms with van der Waals surface area (Å²) in [4.78, 5) is 1.17. The molecule has 0 spiro atoms. The fourth-order valence-electron chi connectivity index (χ4n) is 1.84. The molecule has 1 heterocycles. The molecule has 0 atom stereocenters. The number of halogens is 2. The SMILES string of the molecule is C=CC(F)(F)N1CCC(NC)=C(CC)C1. The van der Waals surface area contributed by atoms with Gasteiger partial charge < -0.3 is 5.32 Å². The fourth-order valence-corrected chi connectivity index (χ4v) is 1.84. The summed E-state index contributed by atoms with van der Waals surface area (Å²) in [7, 11) is 1.84. The van der Waals surface area contributed by atoms with Crippen molar-refractivity contribution in [3.63, 3.8) is 0 Å². The number of hydrogen-bond donors (Lipinski definition) is 1. The average molecular weight is 216 g/mol. The third-order valence-electron chi connectivity index (χ3n) is 2.84. The maximum Gasteiger partial charge on any atom is 0.324 e. The number of alkyl halides is 2. The molecule has 0 fully saturated rings. The van der Waals surface area contributed by atoms with Gasteiger partial charge in [0.05, 0.1) is 0 Å². The normalized spacial score (nSPS) is 19.2. The van der Waals surface area contributed by atoms with Gasteiger partial charge in [-0.05, 0) is 18.1 Å². The van der Waals surface area contributed by atoms with Gasteiger partial charge in [0.2, 0.25) is 0 Å². The lowest BCUT2D eigenvalue weighted by Gasteiger charge is -2.34. The molecule has 0 aromatic carbocycles. The van der Waals surface area contributed by atoms with Gasteiger partial charge in [0.1, 0.15) is 0 Å². The van der Waals surface area contributed by atoms with Crippen LogP contribution in [0.4, 0.5) is 8.78 Å². The van der Waals surface area contributed by atoms with Crippen LogP contribution in [0.5, 0.6) is 0 Å². The molecular weight excluding hydrogens is 198 g/mol. The lowest BCUT2D eigenvalue weighted by molar-refractivity contribution is -0.101. The Balaban J connectivity index is 2.80. The van der Waals surface area contributed by atoms with Crippen LogP contribution in [0.1, 0.15) is 19.8 Å². The molecule has 0 saturated heterocycles. The summed E-state index contributed by atoms with van der Waals surface area (Å²) in [5, 5.41) is 3.08. The van der Waals surface area contributed by atoms with E-state index in [1.165, 1.54) is 4.90 Å². The third kappa shape index (κ3) is 2.56. The van der Waals surface area contributed by atoms with Crippen LogP contribution in [-0.2, 0) is 0 Å². The Hall–Kier alpha value is -0.900. The molecule has 0 aromatic heterocycles. The highest BCUT2D eigenvalue weighted by Crippen LogP contribution is 2.27. The molecule has 86 valence electrons. The minimum Gasteiger partial charge on any atom is -0.391 e. The average Bonchev–Trinajstić information content (AvgIpc) is 2.28. The zero-order valence-corrected chi connectivity index (χ0v) is 9.32. The van der Waals surface area contributed by atoms with Gasteiger partial charge in [-0.1, -0.05) is 13.5 Å². The Morgan fingerprint density at radius 2 is 2.27 bits per heavy atom. The van der Waals surface area contributed by atoms with E-state index in [1.807, 2.05) is 14.0 Å². The van der Waals surface area contributed by atoms with Gasteiger partial charge in [-0.2, -0.15) is 8.78 Å². The van der Waals surface area contributed by atoms with E-state index in [-0.39, 0.29) is 0 Å². The highest BCUT2D eigenvalue weighted by atomic mass is 19.3. The highest BCUT2D eigenvalue weighted by molar-refractivity contribution is 5.18. The Morgan fingerprint density at radius 3 is 2.73 bits per heavy atom. The standard InChI is InChI=1S/C11H18F2N2/c1-4-9-8-15(11(12,13)5-2)7-6-10(9)14-3/h5,14H,2,4,6-8H2,1,3H3. The maximum absolute atomic E-state index is 13.3. The fraction of sp³-hybridized carbons (Fsp3) is 0.636. The molecule has 0 radical (unpaired) electrons. The molecule has 0 bridgehead atoms. The molecule has 0 aromatic rings. The predicted octanol–water partition coefficient (Wildman–Crippen LogP) is 2.35. The van der Waals surface area contributed by atoms with Crippen LogP contribution in [0.3, 0.4) is 0 Å². The topological polar surface area (TPSA) is 15.3 Å². The van der Waals surface area contributed by atoms with Crippen LogP contribution in [0.25, 0.3) is 0 Å². The molecule has 1 N–H and O–H groups in total. The van der Waals surface area contributed by atoms with E-state index in [0.29, 0.717) is 25.6 Å². The predicted molar refractivity (Wildman–Crippen MR) is 57.7 cm³/mol. The second-order valence-corrected chi connectivity index (χ2v) is 3.65. The van der Waals surface area contributed by atoms with E-state index in [0.717, 1.165) is 17.7 Å². The molecule has 0 amide bonds.